The first-order valence-corrected chi connectivity index (χ1v) is 8.48. The molecule has 0 saturated heterocycles. The number of rotatable bonds is 4. The van der Waals surface area contributed by atoms with Crippen LogP contribution in [0.15, 0.2) is 41.1 Å². The van der Waals surface area contributed by atoms with Crippen LogP contribution in [-0.4, -0.2) is 17.6 Å². The average molecular weight is 362 g/mol. The van der Waals surface area contributed by atoms with Crippen LogP contribution < -0.4 is 10.6 Å². The van der Waals surface area contributed by atoms with Gasteiger partial charge in [-0.2, -0.15) is 11.3 Å². The standard InChI is InChI=1S/C18H19FN2O3S/c1-18(2,3)24-17(23)21-14-6-5-13(19)10-15(14)20-16(22)7-4-12-8-9-25-11-12/h4-11H,1-3H3,(H,20,22)(H,21,23)/b7-4+. The Balaban J connectivity index is 2.10. The second-order valence-electron chi connectivity index (χ2n) is 6.20. The van der Waals surface area contributed by atoms with Gasteiger partial charge in [0.25, 0.3) is 0 Å². The molecular weight excluding hydrogens is 343 g/mol. The van der Waals surface area contributed by atoms with Crippen molar-refractivity contribution in [2.45, 2.75) is 26.4 Å². The molecule has 0 fully saturated rings. The van der Waals surface area contributed by atoms with Crippen LogP contribution in [0.3, 0.4) is 0 Å². The van der Waals surface area contributed by atoms with Crippen molar-refractivity contribution in [3.8, 4) is 0 Å². The number of nitrogens with one attached hydrogen (secondary N) is 2. The maximum absolute atomic E-state index is 13.5. The van der Waals surface area contributed by atoms with Crippen LogP contribution in [0.25, 0.3) is 6.08 Å². The number of hydrogen-bond donors (Lipinski definition) is 2. The fourth-order valence-corrected chi connectivity index (χ4v) is 2.49. The molecular formula is C18H19FN2O3S. The summed E-state index contributed by atoms with van der Waals surface area (Å²) in [5.74, 6) is -0.976. The molecule has 0 spiro atoms. The first-order valence-electron chi connectivity index (χ1n) is 7.54. The van der Waals surface area contributed by atoms with Crippen LogP contribution in [0.1, 0.15) is 26.3 Å². The number of benzene rings is 1. The fourth-order valence-electron chi connectivity index (χ4n) is 1.86. The van der Waals surface area contributed by atoms with Gasteiger partial charge in [-0.15, -0.1) is 0 Å². The summed E-state index contributed by atoms with van der Waals surface area (Å²) in [5.41, 5.74) is 0.613. The van der Waals surface area contributed by atoms with Crippen molar-refractivity contribution in [3.05, 3.63) is 52.5 Å². The van der Waals surface area contributed by atoms with E-state index in [2.05, 4.69) is 10.6 Å². The van der Waals surface area contributed by atoms with Crippen molar-refractivity contribution in [3.63, 3.8) is 0 Å². The molecule has 1 heterocycles. The molecule has 0 bridgehead atoms. The van der Waals surface area contributed by atoms with Gasteiger partial charge in [0.05, 0.1) is 11.4 Å². The van der Waals surface area contributed by atoms with Crippen LogP contribution >= 0.6 is 11.3 Å². The Kier molecular flexibility index (Phi) is 5.93. The Morgan fingerprint density at radius 2 is 1.92 bits per heavy atom. The van der Waals surface area contributed by atoms with Gasteiger partial charge in [0.15, 0.2) is 0 Å². The number of thiophene rings is 1. The zero-order chi connectivity index (χ0) is 18.4. The molecule has 0 saturated carbocycles. The second kappa shape index (κ2) is 7.94. The van der Waals surface area contributed by atoms with Crippen LogP contribution in [0, 0.1) is 5.82 Å². The van der Waals surface area contributed by atoms with E-state index in [4.69, 9.17) is 4.74 Å². The maximum atomic E-state index is 13.5. The van der Waals surface area contributed by atoms with E-state index in [0.717, 1.165) is 11.6 Å². The Bertz CT molecular complexity index is 780. The van der Waals surface area contributed by atoms with E-state index >= 15 is 0 Å². The number of halogens is 1. The molecule has 2 N–H and O–H groups in total. The Hall–Kier alpha value is -2.67. The molecule has 0 radical (unpaired) electrons. The lowest BCUT2D eigenvalue weighted by molar-refractivity contribution is -0.111. The monoisotopic (exact) mass is 362 g/mol. The average Bonchev–Trinajstić information content (AvgIpc) is 2.99. The van der Waals surface area contributed by atoms with E-state index in [-0.39, 0.29) is 11.4 Å². The minimum absolute atomic E-state index is 0.144. The Labute approximate surface area is 149 Å². The highest BCUT2D eigenvalue weighted by Gasteiger charge is 2.17. The van der Waals surface area contributed by atoms with Crippen molar-refractivity contribution in [2.75, 3.05) is 10.6 Å². The largest absolute Gasteiger partial charge is 0.444 e. The van der Waals surface area contributed by atoms with Gasteiger partial charge >= 0.3 is 6.09 Å². The minimum atomic E-state index is -0.691. The van der Waals surface area contributed by atoms with Gasteiger partial charge in [-0.25, -0.2) is 9.18 Å². The summed E-state index contributed by atoms with van der Waals surface area (Å²) in [5, 5.41) is 8.84. The van der Waals surface area contributed by atoms with Gasteiger partial charge in [0.2, 0.25) is 5.91 Å². The highest BCUT2D eigenvalue weighted by molar-refractivity contribution is 7.08. The van der Waals surface area contributed by atoms with E-state index in [0.29, 0.717) is 0 Å². The summed E-state index contributed by atoms with van der Waals surface area (Å²) in [6, 6.07) is 5.54. The maximum Gasteiger partial charge on any atom is 0.412 e. The van der Waals surface area contributed by atoms with Gasteiger partial charge in [0.1, 0.15) is 11.4 Å². The number of carbonyl (C=O) groups is 2. The molecule has 0 aliphatic carbocycles. The molecule has 7 heteroatoms. The summed E-state index contributed by atoms with van der Waals surface area (Å²) in [4.78, 5) is 23.9. The third-order valence-electron chi connectivity index (χ3n) is 2.85. The van der Waals surface area contributed by atoms with Crippen LogP contribution in [-0.2, 0) is 9.53 Å². The van der Waals surface area contributed by atoms with Crippen molar-refractivity contribution >= 4 is 40.8 Å². The predicted molar refractivity (Wildman–Crippen MR) is 98.2 cm³/mol. The first-order chi connectivity index (χ1) is 11.7. The summed E-state index contributed by atoms with van der Waals surface area (Å²) < 4.78 is 18.7. The van der Waals surface area contributed by atoms with Gasteiger partial charge in [0, 0.05) is 6.08 Å². The van der Waals surface area contributed by atoms with E-state index < -0.39 is 23.4 Å². The molecule has 5 nitrogen and oxygen atoms in total. The van der Waals surface area contributed by atoms with Gasteiger partial charge in [-0.1, -0.05) is 0 Å². The lowest BCUT2D eigenvalue weighted by Crippen LogP contribution is -2.27. The molecule has 1 aromatic carbocycles. The number of amides is 2. The van der Waals surface area contributed by atoms with Crippen LogP contribution in [0.2, 0.25) is 0 Å². The quantitative estimate of drug-likeness (QED) is 0.761. The number of anilines is 2. The second-order valence-corrected chi connectivity index (χ2v) is 6.98. The SMILES string of the molecule is CC(C)(C)OC(=O)Nc1ccc(F)cc1NC(=O)/C=C/c1ccsc1. The van der Waals surface area contributed by atoms with E-state index in [1.54, 1.807) is 26.8 Å². The molecule has 132 valence electrons. The van der Waals surface area contributed by atoms with Crippen molar-refractivity contribution in [1.82, 2.24) is 0 Å². The third kappa shape index (κ3) is 6.39. The molecule has 1 aromatic heterocycles. The van der Waals surface area contributed by atoms with Crippen LogP contribution in [0.4, 0.5) is 20.6 Å². The summed E-state index contributed by atoms with van der Waals surface area (Å²) in [7, 11) is 0. The molecule has 2 amide bonds. The zero-order valence-corrected chi connectivity index (χ0v) is 14.9. The predicted octanol–water partition coefficient (Wildman–Crippen LogP) is 4.89. The van der Waals surface area contributed by atoms with Crippen molar-refractivity contribution < 1.29 is 18.7 Å². The van der Waals surface area contributed by atoms with E-state index in [9.17, 15) is 14.0 Å². The molecule has 2 rings (SSSR count). The minimum Gasteiger partial charge on any atom is -0.444 e. The fraction of sp³-hybridized carbons (Fsp3) is 0.222. The third-order valence-corrected chi connectivity index (χ3v) is 3.55. The molecule has 0 unspecified atom stereocenters. The topological polar surface area (TPSA) is 67.4 Å². The summed E-state index contributed by atoms with van der Waals surface area (Å²) >= 11 is 1.52. The highest BCUT2D eigenvalue weighted by Crippen LogP contribution is 2.24. The van der Waals surface area contributed by atoms with Gasteiger partial charge < -0.3 is 10.1 Å². The van der Waals surface area contributed by atoms with E-state index in [1.165, 1.54) is 29.5 Å². The van der Waals surface area contributed by atoms with Crippen LogP contribution in [0.5, 0.6) is 0 Å². The summed E-state index contributed by atoms with van der Waals surface area (Å²) in [6.45, 7) is 5.19. The Morgan fingerprint density at radius 3 is 2.56 bits per heavy atom. The van der Waals surface area contributed by atoms with Gasteiger partial charge in [-0.3, -0.25) is 10.1 Å². The zero-order valence-electron chi connectivity index (χ0n) is 14.1. The Morgan fingerprint density at radius 1 is 1.16 bits per heavy atom. The normalized spacial score (nSPS) is 11.4. The van der Waals surface area contributed by atoms with E-state index in [1.807, 2.05) is 16.8 Å². The highest BCUT2D eigenvalue weighted by atomic mass is 32.1. The molecule has 0 aliphatic heterocycles. The molecule has 0 aliphatic rings. The number of carbonyl (C=O) groups excluding carboxylic acids is 2. The molecule has 25 heavy (non-hydrogen) atoms. The number of ether oxygens (including phenoxy) is 1. The summed E-state index contributed by atoms with van der Waals surface area (Å²) in [6.07, 6.45) is 2.29. The first kappa shape index (κ1) is 18.7. The molecule has 0 atom stereocenters. The lowest BCUT2D eigenvalue weighted by atomic mass is 10.2. The van der Waals surface area contributed by atoms with Crippen molar-refractivity contribution in [1.29, 1.82) is 0 Å². The number of hydrogen-bond acceptors (Lipinski definition) is 4. The van der Waals surface area contributed by atoms with Crippen molar-refractivity contribution in [2.24, 2.45) is 0 Å². The smallest absolute Gasteiger partial charge is 0.412 e. The van der Waals surface area contributed by atoms with Gasteiger partial charge in [-0.05, 0) is 67.4 Å². The lowest BCUT2D eigenvalue weighted by Gasteiger charge is -2.20. The molecule has 2 aromatic rings.